The average Bonchev–Trinajstić information content (AvgIpc) is 2.43. The lowest BCUT2D eigenvalue weighted by atomic mass is 10.4. The summed E-state index contributed by atoms with van der Waals surface area (Å²) in [4.78, 5) is 10.2. The fraction of sp³-hybridized carbons (Fsp3) is 0.231. The summed E-state index contributed by atoms with van der Waals surface area (Å²) in [6, 6.07) is 9.32. The number of hydrogen-bond donors (Lipinski definition) is 1. The third-order valence-electron chi connectivity index (χ3n) is 2.24. The molecule has 6 nitrogen and oxygen atoms in total. The standard InChI is InChI=1S/C13H14N2O4S/c1-11(16)19-8-7-15-10-13(9-14)20(17,18)12-5-3-2-4-6-12/h2-6,10,15H,7-8H2,1H3. The highest BCUT2D eigenvalue weighted by Gasteiger charge is 2.19. The van der Waals surface area contributed by atoms with E-state index in [4.69, 9.17) is 5.26 Å². The van der Waals surface area contributed by atoms with Crippen LogP contribution in [0.3, 0.4) is 0 Å². The number of carbonyl (C=O) groups is 1. The van der Waals surface area contributed by atoms with E-state index in [1.165, 1.54) is 19.1 Å². The Balaban J connectivity index is 2.76. The van der Waals surface area contributed by atoms with Gasteiger partial charge >= 0.3 is 5.97 Å². The first-order valence-electron chi connectivity index (χ1n) is 5.75. The van der Waals surface area contributed by atoms with Crippen molar-refractivity contribution in [3.8, 4) is 6.07 Å². The van der Waals surface area contributed by atoms with Gasteiger partial charge in [0.2, 0.25) is 9.84 Å². The zero-order valence-electron chi connectivity index (χ0n) is 10.9. The number of nitriles is 1. The van der Waals surface area contributed by atoms with Gasteiger partial charge in [0.05, 0.1) is 4.90 Å². The van der Waals surface area contributed by atoms with Crippen molar-refractivity contribution >= 4 is 15.8 Å². The van der Waals surface area contributed by atoms with Crippen molar-refractivity contribution in [3.05, 3.63) is 41.4 Å². The van der Waals surface area contributed by atoms with Crippen molar-refractivity contribution in [2.75, 3.05) is 13.2 Å². The lowest BCUT2D eigenvalue weighted by molar-refractivity contribution is -0.140. The zero-order chi connectivity index (χ0) is 15.0. The minimum Gasteiger partial charge on any atom is -0.464 e. The minimum atomic E-state index is -3.82. The van der Waals surface area contributed by atoms with Gasteiger partial charge in [0, 0.05) is 19.7 Å². The first-order chi connectivity index (χ1) is 9.48. The number of benzene rings is 1. The molecule has 0 spiro atoms. The van der Waals surface area contributed by atoms with Gasteiger partial charge in [0.15, 0.2) is 4.91 Å². The molecule has 0 saturated carbocycles. The van der Waals surface area contributed by atoms with Gasteiger partial charge in [0.1, 0.15) is 12.7 Å². The highest BCUT2D eigenvalue weighted by molar-refractivity contribution is 7.95. The van der Waals surface area contributed by atoms with Crippen LogP contribution < -0.4 is 5.32 Å². The van der Waals surface area contributed by atoms with E-state index in [1.54, 1.807) is 24.3 Å². The summed E-state index contributed by atoms with van der Waals surface area (Å²) in [5.41, 5.74) is 0. The summed E-state index contributed by atoms with van der Waals surface area (Å²) < 4.78 is 28.9. The third-order valence-corrected chi connectivity index (χ3v) is 3.92. The largest absolute Gasteiger partial charge is 0.464 e. The SMILES string of the molecule is CC(=O)OCCNC=C(C#N)S(=O)(=O)c1ccccc1. The smallest absolute Gasteiger partial charge is 0.302 e. The van der Waals surface area contributed by atoms with E-state index in [2.05, 4.69) is 10.1 Å². The molecule has 0 aliphatic heterocycles. The monoisotopic (exact) mass is 294 g/mol. The van der Waals surface area contributed by atoms with Gasteiger partial charge < -0.3 is 10.1 Å². The van der Waals surface area contributed by atoms with Crippen molar-refractivity contribution in [1.82, 2.24) is 5.32 Å². The molecular formula is C13H14N2O4S. The van der Waals surface area contributed by atoms with Crippen LogP contribution in [0.2, 0.25) is 0 Å². The van der Waals surface area contributed by atoms with Crippen LogP contribution >= 0.6 is 0 Å². The van der Waals surface area contributed by atoms with Crippen molar-refractivity contribution in [1.29, 1.82) is 5.26 Å². The van der Waals surface area contributed by atoms with Gasteiger partial charge in [-0.05, 0) is 12.1 Å². The maximum atomic E-state index is 12.1. The average molecular weight is 294 g/mol. The lowest BCUT2D eigenvalue weighted by Crippen LogP contribution is -2.17. The molecule has 0 radical (unpaired) electrons. The molecule has 106 valence electrons. The first kappa shape index (κ1) is 15.7. The van der Waals surface area contributed by atoms with Crippen molar-refractivity contribution in [2.24, 2.45) is 0 Å². The lowest BCUT2D eigenvalue weighted by Gasteiger charge is -2.04. The normalized spacial score (nSPS) is 11.5. The molecule has 0 bridgehead atoms. The second-order valence-corrected chi connectivity index (χ2v) is 5.65. The van der Waals surface area contributed by atoms with Crippen molar-refractivity contribution < 1.29 is 17.9 Å². The molecule has 7 heteroatoms. The van der Waals surface area contributed by atoms with Crippen LogP contribution in [-0.4, -0.2) is 27.5 Å². The highest BCUT2D eigenvalue weighted by Crippen LogP contribution is 2.17. The summed E-state index contributed by atoms with van der Waals surface area (Å²) in [6.07, 6.45) is 1.10. The molecule has 0 amide bonds. The maximum Gasteiger partial charge on any atom is 0.302 e. The molecule has 1 aromatic carbocycles. The van der Waals surface area contributed by atoms with E-state index in [-0.39, 0.29) is 18.0 Å². The van der Waals surface area contributed by atoms with E-state index < -0.39 is 20.7 Å². The Bertz CT molecular complexity index is 630. The number of carbonyl (C=O) groups excluding carboxylic acids is 1. The number of sulfone groups is 1. The Morgan fingerprint density at radius 3 is 2.60 bits per heavy atom. The molecule has 1 aromatic rings. The second-order valence-electron chi connectivity index (χ2n) is 3.73. The summed E-state index contributed by atoms with van der Waals surface area (Å²) in [5.74, 6) is -0.423. The Morgan fingerprint density at radius 2 is 2.05 bits per heavy atom. The van der Waals surface area contributed by atoms with Gasteiger partial charge in [-0.2, -0.15) is 5.26 Å². The van der Waals surface area contributed by atoms with E-state index in [0.29, 0.717) is 0 Å². The molecule has 0 saturated heterocycles. The predicted octanol–water partition coefficient (Wildman–Crippen LogP) is 0.978. The van der Waals surface area contributed by atoms with Crippen LogP contribution in [0.5, 0.6) is 0 Å². The summed E-state index contributed by atoms with van der Waals surface area (Å²) >= 11 is 0. The van der Waals surface area contributed by atoms with Crippen molar-refractivity contribution in [3.63, 3.8) is 0 Å². The number of nitrogens with one attached hydrogen (secondary N) is 1. The topological polar surface area (TPSA) is 96.3 Å². The zero-order valence-corrected chi connectivity index (χ0v) is 11.7. The van der Waals surface area contributed by atoms with Crippen LogP contribution in [0.15, 0.2) is 46.3 Å². The molecule has 20 heavy (non-hydrogen) atoms. The predicted molar refractivity (Wildman–Crippen MR) is 72.0 cm³/mol. The van der Waals surface area contributed by atoms with Gasteiger partial charge in [-0.3, -0.25) is 4.79 Å². The molecule has 0 unspecified atom stereocenters. The number of allylic oxidation sites excluding steroid dienone is 1. The fourth-order valence-corrected chi connectivity index (χ4v) is 2.44. The molecule has 0 fully saturated rings. The van der Waals surface area contributed by atoms with Crippen LogP contribution in [0.4, 0.5) is 0 Å². The fourth-order valence-electron chi connectivity index (χ4n) is 1.32. The van der Waals surface area contributed by atoms with Gasteiger partial charge in [0.25, 0.3) is 0 Å². The molecule has 1 rings (SSSR count). The van der Waals surface area contributed by atoms with Crippen LogP contribution in [0.1, 0.15) is 6.92 Å². The van der Waals surface area contributed by atoms with E-state index in [1.807, 2.05) is 0 Å². The molecule has 0 heterocycles. The van der Waals surface area contributed by atoms with E-state index in [0.717, 1.165) is 6.20 Å². The molecule has 0 aromatic heterocycles. The quantitative estimate of drug-likeness (QED) is 0.477. The third kappa shape index (κ3) is 4.40. The summed E-state index contributed by atoms with van der Waals surface area (Å²) in [7, 11) is -3.82. The summed E-state index contributed by atoms with van der Waals surface area (Å²) in [5, 5.41) is 11.6. The van der Waals surface area contributed by atoms with Crippen LogP contribution in [0.25, 0.3) is 0 Å². The first-order valence-corrected chi connectivity index (χ1v) is 7.24. The number of esters is 1. The van der Waals surface area contributed by atoms with Gasteiger partial charge in [-0.25, -0.2) is 8.42 Å². The minimum absolute atomic E-state index is 0.0505. The molecular weight excluding hydrogens is 280 g/mol. The summed E-state index contributed by atoms with van der Waals surface area (Å²) in [6.45, 7) is 1.58. The maximum absolute atomic E-state index is 12.1. The van der Waals surface area contributed by atoms with Crippen LogP contribution in [-0.2, 0) is 19.4 Å². The Morgan fingerprint density at radius 1 is 1.40 bits per heavy atom. The molecule has 0 aliphatic rings. The van der Waals surface area contributed by atoms with Gasteiger partial charge in [-0.1, -0.05) is 18.2 Å². The Labute approximate surface area is 117 Å². The highest BCUT2D eigenvalue weighted by atomic mass is 32.2. The Hall–Kier alpha value is -2.33. The van der Waals surface area contributed by atoms with Crippen molar-refractivity contribution in [2.45, 2.75) is 11.8 Å². The van der Waals surface area contributed by atoms with Gasteiger partial charge in [-0.15, -0.1) is 0 Å². The number of nitrogens with zero attached hydrogens (tertiary/aromatic N) is 1. The number of rotatable bonds is 6. The molecule has 0 atom stereocenters. The van der Waals surface area contributed by atoms with Crippen LogP contribution in [0, 0.1) is 11.3 Å². The van der Waals surface area contributed by atoms with E-state index in [9.17, 15) is 13.2 Å². The Kier molecular flexibility index (Phi) is 5.74. The number of ether oxygens (including phenoxy) is 1. The second kappa shape index (κ2) is 7.31. The molecule has 1 N–H and O–H groups in total. The van der Waals surface area contributed by atoms with E-state index >= 15 is 0 Å². The molecule has 0 aliphatic carbocycles. The number of hydrogen-bond acceptors (Lipinski definition) is 6.